The van der Waals surface area contributed by atoms with E-state index in [-0.39, 0.29) is 17.5 Å². The average Bonchev–Trinajstić information content (AvgIpc) is 3.13. The maximum Gasteiger partial charge on any atom is 0.169 e. The van der Waals surface area contributed by atoms with E-state index in [0.717, 1.165) is 52.8 Å². The lowest BCUT2D eigenvalue weighted by molar-refractivity contribution is 0.0987. The molecule has 1 N–H and O–H groups in total. The van der Waals surface area contributed by atoms with E-state index in [4.69, 9.17) is 9.47 Å². The third-order valence-corrected chi connectivity index (χ3v) is 5.29. The van der Waals surface area contributed by atoms with Gasteiger partial charge in [0.1, 0.15) is 11.5 Å². The van der Waals surface area contributed by atoms with Crippen molar-refractivity contribution in [2.24, 2.45) is 0 Å². The second kappa shape index (κ2) is 7.63. The summed E-state index contributed by atoms with van der Waals surface area (Å²) in [6, 6.07) is 5.35. The standard InChI is InChI=1S/C23H28O4/c1-6-18(24)17-12-14(4)22(16-9-7-8-15(16)17)27-20-11-10-19(25)21(13(2)3)23(20)26-5/h10-13,25H,6-9H2,1-5H3. The SMILES string of the molecule is CCC(=O)c1cc(C)c(Oc2ccc(O)c(C(C)C)c2OC)c2c1CCC2. The van der Waals surface area contributed by atoms with Crippen LogP contribution in [0, 0.1) is 6.92 Å². The Morgan fingerprint density at radius 1 is 1.19 bits per heavy atom. The highest BCUT2D eigenvalue weighted by molar-refractivity contribution is 5.98. The Bertz CT molecular complexity index is 881. The van der Waals surface area contributed by atoms with Crippen LogP contribution in [0.3, 0.4) is 0 Å². The molecule has 0 radical (unpaired) electrons. The zero-order chi connectivity index (χ0) is 19.7. The summed E-state index contributed by atoms with van der Waals surface area (Å²) >= 11 is 0. The molecule has 2 aromatic rings. The number of hydrogen-bond donors (Lipinski definition) is 1. The topological polar surface area (TPSA) is 55.8 Å². The van der Waals surface area contributed by atoms with Crippen LogP contribution in [0.15, 0.2) is 18.2 Å². The first-order valence-corrected chi connectivity index (χ1v) is 9.65. The molecule has 0 aliphatic heterocycles. The summed E-state index contributed by atoms with van der Waals surface area (Å²) < 4.78 is 11.9. The molecule has 3 rings (SSSR count). The van der Waals surface area contributed by atoms with Gasteiger partial charge in [0.25, 0.3) is 0 Å². The molecule has 0 saturated carbocycles. The van der Waals surface area contributed by atoms with Crippen molar-refractivity contribution in [2.75, 3.05) is 7.11 Å². The van der Waals surface area contributed by atoms with Gasteiger partial charge in [-0.1, -0.05) is 20.8 Å². The van der Waals surface area contributed by atoms with Crippen molar-refractivity contribution in [1.29, 1.82) is 0 Å². The maximum atomic E-state index is 12.4. The van der Waals surface area contributed by atoms with Crippen molar-refractivity contribution in [3.63, 3.8) is 0 Å². The van der Waals surface area contributed by atoms with E-state index >= 15 is 0 Å². The van der Waals surface area contributed by atoms with Gasteiger partial charge in [-0.05, 0) is 67.0 Å². The highest BCUT2D eigenvalue weighted by atomic mass is 16.5. The van der Waals surface area contributed by atoms with Gasteiger partial charge in [-0.15, -0.1) is 0 Å². The minimum Gasteiger partial charge on any atom is -0.508 e. The monoisotopic (exact) mass is 368 g/mol. The number of aryl methyl sites for hydroxylation is 1. The number of phenolic OH excluding ortho intramolecular Hbond substituents is 1. The fourth-order valence-electron chi connectivity index (χ4n) is 4.01. The van der Waals surface area contributed by atoms with Gasteiger partial charge in [-0.2, -0.15) is 0 Å². The Labute approximate surface area is 161 Å². The maximum absolute atomic E-state index is 12.4. The molecule has 1 aliphatic carbocycles. The fourth-order valence-corrected chi connectivity index (χ4v) is 4.01. The number of ether oxygens (including phenoxy) is 2. The first-order chi connectivity index (χ1) is 12.9. The third-order valence-electron chi connectivity index (χ3n) is 5.29. The molecular weight excluding hydrogens is 340 g/mol. The number of carbonyl (C=O) groups is 1. The molecule has 0 heterocycles. The lowest BCUT2D eigenvalue weighted by Gasteiger charge is -2.20. The number of benzene rings is 2. The molecule has 0 fully saturated rings. The quantitative estimate of drug-likeness (QED) is 0.664. The molecule has 0 bridgehead atoms. The molecule has 0 amide bonds. The molecule has 4 nitrogen and oxygen atoms in total. The number of Topliss-reactive ketones (excluding diaryl/α,β-unsaturated/α-hetero) is 1. The van der Waals surface area contributed by atoms with Gasteiger partial charge in [0.2, 0.25) is 0 Å². The van der Waals surface area contributed by atoms with Crippen LogP contribution in [-0.4, -0.2) is 18.0 Å². The highest BCUT2D eigenvalue weighted by Gasteiger charge is 2.26. The Morgan fingerprint density at radius 3 is 2.52 bits per heavy atom. The lowest BCUT2D eigenvalue weighted by atomic mass is 9.95. The number of rotatable bonds is 6. The number of phenols is 1. The molecule has 0 atom stereocenters. The van der Waals surface area contributed by atoms with Gasteiger partial charge in [0.15, 0.2) is 17.3 Å². The molecule has 2 aromatic carbocycles. The molecule has 0 saturated heterocycles. The summed E-state index contributed by atoms with van der Waals surface area (Å²) in [4.78, 5) is 12.4. The lowest BCUT2D eigenvalue weighted by Crippen LogP contribution is -2.06. The van der Waals surface area contributed by atoms with E-state index in [9.17, 15) is 9.90 Å². The number of ketones is 1. The van der Waals surface area contributed by atoms with Crippen LogP contribution >= 0.6 is 0 Å². The zero-order valence-electron chi connectivity index (χ0n) is 16.8. The van der Waals surface area contributed by atoms with Crippen LogP contribution in [0.25, 0.3) is 0 Å². The summed E-state index contributed by atoms with van der Waals surface area (Å²) in [6.07, 6.45) is 3.36. The largest absolute Gasteiger partial charge is 0.508 e. The smallest absolute Gasteiger partial charge is 0.169 e. The summed E-state index contributed by atoms with van der Waals surface area (Å²) in [5.41, 5.74) is 4.79. The summed E-state index contributed by atoms with van der Waals surface area (Å²) in [5, 5.41) is 10.2. The van der Waals surface area contributed by atoms with Crippen LogP contribution in [-0.2, 0) is 12.8 Å². The van der Waals surface area contributed by atoms with Crippen LogP contribution in [0.5, 0.6) is 23.0 Å². The Kier molecular flexibility index (Phi) is 5.45. The first-order valence-electron chi connectivity index (χ1n) is 9.65. The van der Waals surface area contributed by atoms with Crippen LogP contribution < -0.4 is 9.47 Å². The Hall–Kier alpha value is -2.49. The van der Waals surface area contributed by atoms with Gasteiger partial charge >= 0.3 is 0 Å². The fraction of sp³-hybridized carbons (Fsp3) is 0.435. The number of methoxy groups -OCH3 is 1. The highest BCUT2D eigenvalue weighted by Crippen LogP contribution is 2.45. The zero-order valence-corrected chi connectivity index (χ0v) is 16.8. The molecule has 27 heavy (non-hydrogen) atoms. The van der Waals surface area contributed by atoms with E-state index in [1.165, 1.54) is 0 Å². The Balaban J connectivity index is 2.12. The molecule has 0 aromatic heterocycles. The minimum absolute atomic E-state index is 0.0971. The first kappa shape index (κ1) is 19.3. The molecule has 0 spiro atoms. The predicted molar refractivity (Wildman–Crippen MR) is 107 cm³/mol. The molecule has 4 heteroatoms. The van der Waals surface area contributed by atoms with E-state index in [1.54, 1.807) is 19.2 Å². The normalized spacial score (nSPS) is 13.0. The number of carbonyl (C=O) groups excluding carboxylic acids is 1. The van der Waals surface area contributed by atoms with Crippen molar-refractivity contribution >= 4 is 5.78 Å². The molecule has 1 aliphatic rings. The van der Waals surface area contributed by atoms with Crippen molar-refractivity contribution in [1.82, 2.24) is 0 Å². The number of hydrogen-bond acceptors (Lipinski definition) is 4. The predicted octanol–water partition coefficient (Wildman–Crippen LogP) is 5.71. The van der Waals surface area contributed by atoms with Gasteiger partial charge in [-0.3, -0.25) is 4.79 Å². The number of fused-ring (bicyclic) bond motifs is 1. The third kappa shape index (κ3) is 3.41. The molecular formula is C23H28O4. The van der Waals surface area contributed by atoms with Crippen molar-refractivity contribution < 1.29 is 19.4 Å². The van der Waals surface area contributed by atoms with Gasteiger partial charge in [0.05, 0.1) is 7.11 Å². The van der Waals surface area contributed by atoms with Crippen molar-refractivity contribution in [2.45, 2.75) is 59.3 Å². The summed E-state index contributed by atoms with van der Waals surface area (Å²) in [5.74, 6) is 2.46. The second-order valence-electron chi connectivity index (χ2n) is 7.44. The van der Waals surface area contributed by atoms with Crippen molar-refractivity contribution in [3.05, 3.63) is 46.0 Å². The average molecular weight is 368 g/mol. The Morgan fingerprint density at radius 2 is 1.89 bits per heavy atom. The summed E-state index contributed by atoms with van der Waals surface area (Å²) in [7, 11) is 1.59. The van der Waals surface area contributed by atoms with Crippen LogP contribution in [0.4, 0.5) is 0 Å². The van der Waals surface area contributed by atoms with E-state index in [1.807, 2.05) is 33.8 Å². The van der Waals surface area contributed by atoms with Crippen LogP contribution in [0.2, 0.25) is 0 Å². The second-order valence-corrected chi connectivity index (χ2v) is 7.44. The minimum atomic E-state index is 0.0971. The van der Waals surface area contributed by atoms with E-state index in [2.05, 4.69) is 0 Å². The molecule has 144 valence electrons. The van der Waals surface area contributed by atoms with Crippen LogP contribution in [0.1, 0.15) is 72.1 Å². The van der Waals surface area contributed by atoms with E-state index < -0.39 is 0 Å². The molecule has 0 unspecified atom stereocenters. The van der Waals surface area contributed by atoms with Gasteiger partial charge in [-0.25, -0.2) is 0 Å². The van der Waals surface area contributed by atoms with E-state index in [0.29, 0.717) is 17.9 Å². The number of aromatic hydroxyl groups is 1. The van der Waals surface area contributed by atoms with Gasteiger partial charge in [0, 0.05) is 17.5 Å². The summed E-state index contributed by atoms with van der Waals surface area (Å²) in [6.45, 7) is 7.90. The van der Waals surface area contributed by atoms with Crippen molar-refractivity contribution in [3.8, 4) is 23.0 Å². The van der Waals surface area contributed by atoms with Gasteiger partial charge < -0.3 is 14.6 Å².